The van der Waals surface area contributed by atoms with Crippen molar-refractivity contribution in [2.75, 3.05) is 0 Å². The first kappa shape index (κ1) is 19.8. The first-order valence-electron chi connectivity index (χ1n) is 9.17. The maximum atomic E-state index is 12.4. The standard InChI is InChI=1S/C23H30N2O/c1-17(2)20-12-9-13-21(16-20)23(4,5)25-22(26)24-18(3)14-15-19-10-7-6-8-11-19/h6-13,16,18H,1,14-15H2,2-5H3,(H2,24,25,26)/t18-/m1/s1. The molecular weight excluding hydrogens is 320 g/mol. The van der Waals surface area contributed by atoms with E-state index >= 15 is 0 Å². The maximum Gasteiger partial charge on any atom is 0.315 e. The highest BCUT2D eigenvalue weighted by atomic mass is 16.2. The van der Waals surface area contributed by atoms with Crippen LogP contribution in [0.25, 0.3) is 5.57 Å². The van der Waals surface area contributed by atoms with Crippen molar-refractivity contribution in [2.24, 2.45) is 0 Å². The highest BCUT2D eigenvalue weighted by Crippen LogP contribution is 2.23. The van der Waals surface area contributed by atoms with Crippen LogP contribution in [0.15, 0.2) is 61.2 Å². The summed E-state index contributed by atoms with van der Waals surface area (Å²) < 4.78 is 0. The largest absolute Gasteiger partial charge is 0.336 e. The SMILES string of the molecule is C=C(C)c1cccc(C(C)(C)NC(=O)N[C@H](C)CCc2ccccc2)c1. The molecule has 0 spiro atoms. The van der Waals surface area contributed by atoms with E-state index in [0.29, 0.717) is 0 Å². The maximum absolute atomic E-state index is 12.4. The molecule has 3 nitrogen and oxygen atoms in total. The van der Waals surface area contributed by atoms with Gasteiger partial charge in [0, 0.05) is 6.04 Å². The molecule has 1 atom stereocenters. The summed E-state index contributed by atoms with van der Waals surface area (Å²) in [4.78, 5) is 12.4. The number of rotatable bonds is 7. The number of nitrogens with one attached hydrogen (secondary N) is 2. The molecule has 138 valence electrons. The van der Waals surface area contributed by atoms with E-state index < -0.39 is 5.54 Å². The van der Waals surface area contributed by atoms with Crippen LogP contribution in [-0.4, -0.2) is 12.1 Å². The molecule has 0 aromatic heterocycles. The highest BCUT2D eigenvalue weighted by molar-refractivity contribution is 5.75. The number of amides is 2. The van der Waals surface area contributed by atoms with Crippen molar-refractivity contribution >= 4 is 11.6 Å². The first-order chi connectivity index (χ1) is 12.3. The predicted molar refractivity (Wildman–Crippen MR) is 110 cm³/mol. The number of hydrogen-bond donors (Lipinski definition) is 2. The van der Waals surface area contributed by atoms with Crippen molar-refractivity contribution < 1.29 is 4.79 Å². The second-order valence-electron chi connectivity index (χ2n) is 7.51. The Labute approximate surface area is 157 Å². The second kappa shape index (κ2) is 8.70. The van der Waals surface area contributed by atoms with Crippen molar-refractivity contribution in [3.63, 3.8) is 0 Å². The van der Waals surface area contributed by atoms with E-state index in [1.165, 1.54) is 5.56 Å². The zero-order valence-corrected chi connectivity index (χ0v) is 16.3. The molecule has 2 aromatic rings. The van der Waals surface area contributed by atoms with Gasteiger partial charge in [0.1, 0.15) is 0 Å². The second-order valence-corrected chi connectivity index (χ2v) is 7.51. The minimum absolute atomic E-state index is 0.104. The van der Waals surface area contributed by atoms with Gasteiger partial charge in [0.05, 0.1) is 5.54 Å². The molecule has 2 N–H and O–H groups in total. The molecule has 0 saturated heterocycles. The molecule has 0 unspecified atom stereocenters. The number of urea groups is 1. The Morgan fingerprint density at radius 1 is 1.12 bits per heavy atom. The molecule has 26 heavy (non-hydrogen) atoms. The molecule has 0 saturated carbocycles. The molecule has 0 aliphatic heterocycles. The summed E-state index contributed by atoms with van der Waals surface area (Å²) in [5.74, 6) is 0. The number of carbonyl (C=O) groups is 1. The Balaban J connectivity index is 1.91. The van der Waals surface area contributed by atoms with Crippen LogP contribution >= 0.6 is 0 Å². The fraction of sp³-hybridized carbons (Fsp3) is 0.348. The van der Waals surface area contributed by atoms with Crippen LogP contribution < -0.4 is 10.6 Å². The minimum atomic E-state index is -0.464. The quantitative estimate of drug-likeness (QED) is 0.701. The van der Waals surface area contributed by atoms with Gasteiger partial charge in [0.2, 0.25) is 0 Å². The fourth-order valence-corrected chi connectivity index (χ4v) is 2.89. The third-order valence-corrected chi connectivity index (χ3v) is 4.59. The van der Waals surface area contributed by atoms with E-state index in [9.17, 15) is 4.79 Å². The molecule has 0 radical (unpaired) electrons. The predicted octanol–water partition coefficient (Wildman–Crippen LogP) is 5.28. The molecule has 0 bridgehead atoms. The number of allylic oxidation sites excluding steroid dienone is 1. The van der Waals surface area contributed by atoms with Crippen LogP contribution in [0.5, 0.6) is 0 Å². The lowest BCUT2D eigenvalue weighted by molar-refractivity contribution is 0.226. The van der Waals surface area contributed by atoms with E-state index in [2.05, 4.69) is 35.4 Å². The van der Waals surface area contributed by atoms with Crippen LogP contribution in [-0.2, 0) is 12.0 Å². The molecule has 0 aliphatic rings. The van der Waals surface area contributed by atoms with Gasteiger partial charge in [-0.1, -0.05) is 60.7 Å². The van der Waals surface area contributed by atoms with Crippen LogP contribution in [0.4, 0.5) is 4.79 Å². The van der Waals surface area contributed by atoms with Crippen LogP contribution in [0.2, 0.25) is 0 Å². The third kappa shape index (κ3) is 5.76. The van der Waals surface area contributed by atoms with Crippen LogP contribution in [0.3, 0.4) is 0 Å². The summed E-state index contributed by atoms with van der Waals surface area (Å²) in [5, 5.41) is 6.13. The summed E-state index contributed by atoms with van der Waals surface area (Å²) in [6, 6.07) is 18.5. The van der Waals surface area contributed by atoms with Gasteiger partial charge in [0.15, 0.2) is 0 Å². The Morgan fingerprint density at radius 3 is 2.46 bits per heavy atom. The Morgan fingerprint density at radius 2 is 1.81 bits per heavy atom. The summed E-state index contributed by atoms with van der Waals surface area (Å²) >= 11 is 0. The van der Waals surface area contributed by atoms with Crippen LogP contribution in [0.1, 0.15) is 50.8 Å². The average Bonchev–Trinajstić information content (AvgIpc) is 2.60. The van der Waals surface area contributed by atoms with Gasteiger partial charge in [0.25, 0.3) is 0 Å². The van der Waals surface area contributed by atoms with Crippen molar-refractivity contribution in [1.82, 2.24) is 10.6 Å². The van der Waals surface area contributed by atoms with Gasteiger partial charge < -0.3 is 10.6 Å². The van der Waals surface area contributed by atoms with E-state index in [1.54, 1.807) is 0 Å². The zero-order chi connectivity index (χ0) is 19.2. The van der Waals surface area contributed by atoms with Gasteiger partial charge in [-0.25, -0.2) is 4.79 Å². The molecule has 0 aliphatic carbocycles. The van der Waals surface area contributed by atoms with E-state index in [4.69, 9.17) is 0 Å². The third-order valence-electron chi connectivity index (χ3n) is 4.59. The highest BCUT2D eigenvalue weighted by Gasteiger charge is 2.23. The lowest BCUT2D eigenvalue weighted by atomic mass is 9.92. The number of aryl methyl sites for hydroxylation is 1. The minimum Gasteiger partial charge on any atom is -0.336 e. The average molecular weight is 351 g/mol. The van der Waals surface area contributed by atoms with E-state index in [0.717, 1.165) is 29.5 Å². The molecule has 0 heterocycles. The Bertz CT molecular complexity index is 750. The summed E-state index contributed by atoms with van der Waals surface area (Å²) in [5.41, 5.74) is 3.99. The molecule has 2 rings (SSSR count). The fourth-order valence-electron chi connectivity index (χ4n) is 2.89. The van der Waals surface area contributed by atoms with Gasteiger partial charge in [-0.05, 0) is 63.3 Å². The monoisotopic (exact) mass is 350 g/mol. The first-order valence-corrected chi connectivity index (χ1v) is 9.17. The lowest BCUT2D eigenvalue weighted by Crippen LogP contribution is -2.49. The van der Waals surface area contributed by atoms with Gasteiger partial charge in [-0.15, -0.1) is 0 Å². The van der Waals surface area contributed by atoms with E-state index in [-0.39, 0.29) is 12.1 Å². The normalized spacial score (nSPS) is 12.3. The Hall–Kier alpha value is -2.55. The number of carbonyl (C=O) groups excluding carboxylic acids is 1. The smallest absolute Gasteiger partial charge is 0.315 e. The van der Waals surface area contributed by atoms with Crippen molar-refractivity contribution in [2.45, 2.75) is 52.1 Å². The molecule has 2 amide bonds. The van der Waals surface area contributed by atoms with Crippen molar-refractivity contribution in [3.05, 3.63) is 77.9 Å². The lowest BCUT2D eigenvalue weighted by Gasteiger charge is -2.28. The summed E-state index contributed by atoms with van der Waals surface area (Å²) in [6.45, 7) is 12.0. The number of hydrogen-bond acceptors (Lipinski definition) is 1. The molecule has 3 heteroatoms. The molecule has 2 aromatic carbocycles. The topological polar surface area (TPSA) is 41.1 Å². The summed E-state index contributed by atoms with van der Waals surface area (Å²) in [6.07, 6.45) is 1.86. The zero-order valence-electron chi connectivity index (χ0n) is 16.3. The summed E-state index contributed by atoms with van der Waals surface area (Å²) in [7, 11) is 0. The van der Waals surface area contributed by atoms with Crippen molar-refractivity contribution in [1.29, 1.82) is 0 Å². The van der Waals surface area contributed by atoms with E-state index in [1.807, 2.05) is 64.1 Å². The van der Waals surface area contributed by atoms with Crippen LogP contribution in [0, 0.1) is 0 Å². The Kier molecular flexibility index (Phi) is 6.62. The van der Waals surface area contributed by atoms with Gasteiger partial charge in [-0.2, -0.15) is 0 Å². The van der Waals surface area contributed by atoms with Gasteiger partial charge >= 0.3 is 6.03 Å². The molecular formula is C23H30N2O. The molecule has 0 fully saturated rings. The number of benzene rings is 2. The van der Waals surface area contributed by atoms with Gasteiger partial charge in [-0.3, -0.25) is 0 Å². The van der Waals surface area contributed by atoms with Crippen molar-refractivity contribution in [3.8, 4) is 0 Å².